The number of carbonyl (C=O) groups excluding carboxylic acids is 1. The Labute approximate surface area is 190 Å². The van der Waals surface area contributed by atoms with Crippen LogP contribution in [0, 0.1) is 13.8 Å². The summed E-state index contributed by atoms with van der Waals surface area (Å²) in [6.45, 7) is 7.27. The van der Waals surface area contributed by atoms with E-state index >= 15 is 0 Å². The fourth-order valence-corrected chi connectivity index (χ4v) is 3.87. The molecule has 1 saturated heterocycles. The molecule has 1 aromatic carbocycles. The van der Waals surface area contributed by atoms with Gasteiger partial charge >= 0.3 is 0 Å². The number of aromatic nitrogens is 3. The monoisotopic (exact) mass is 458 g/mol. The molecule has 170 valence electrons. The van der Waals surface area contributed by atoms with Crippen LogP contribution in [0.25, 0.3) is 10.9 Å². The highest BCUT2D eigenvalue weighted by molar-refractivity contribution is 6.30. The fourth-order valence-electron chi connectivity index (χ4n) is 3.69. The molecule has 10 heteroatoms. The van der Waals surface area contributed by atoms with E-state index in [0.29, 0.717) is 32.1 Å². The summed E-state index contributed by atoms with van der Waals surface area (Å²) in [5.74, 6) is -0.143. The molecule has 0 unspecified atom stereocenters. The van der Waals surface area contributed by atoms with Crippen LogP contribution >= 0.6 is 11.6 Å². The number of hydrogen-bond donors (Lipinski definition) is 3. The minimum absolute atomic E-state index is 0.133. The van der Waals surface area contributed by atoms with Crippen molar-refractivity contribution in [3.8, 4) is 0 Å². The van der Waals surface area contributed by atoms with Gasteiger partial charge in [0.05, 0.1) is 25.6 Å². The molecular weight excluding hydrogens is 432 g/mol. The molecule has 2 aromatic heterocycles. The van der Waals surface area contributed by atoms with E-state index < -0.39 is 0 Å². The van der Waals surface area contributed by atoms with Crippen molar-refractivity contribution in [2.45, 2.75) is 26.9 Å². The van der Waals surface area contributed by atoms with E-state index in [1.54, 1.807) is 6.92 Å². The van der Waals surface area contributed by atoms with Gasteiger partial charge in [0.15, 0.2) is 11.0 Å². The van der Waals surface area contributed by atoms with E-state index in [0.717, 1.165) is 35.1 Å². The standard InChI is InChI=1S/C22H27ClN6O3/c1-14-10-24-18-4-3-16(9-17(14)18)11-25-19(30)12-29-15(2)20(23)27-21(22(29)31)26-13-28-5-7-32-8-6-28/h3-4,9-10,24H,5-8,11-13H2,1-2H3,(H,25,30)(H,26,27). The molecule has 0 atom stereocenters. The van der Waals surface area contributed by atoms with Gasteiger partial charge in [-0.25, -0.2) is 4.98 Å². The second kappa shape index (κ2) is 9.72. The van der Waals surface area contributed by atoms with Crippen LogP contribution in [0.5, 0.6) is 0 Å². The summed E-state index contributed by atoms with van der Waals surface area (Å²) < 4.78 is 6.69. The third-order valence-corrected chi connectivity index (χ3v) is 6.04. The number of ether oxygens (including phenoxy) is 1. The van der Waals surface area contributed by atoms with Gasteiger partial charge in [-0.05, 0) is 37.1 Å². The second-order valence-corrected chi connectivity index (χ2v) is 8.28. The van der Waals surface area contributed by atoms with Crippen LogP contribution in [-0.2, 0) is 22.6 Å². The molecule has 0 aliphatic carbocycles. The van der Waals surface area contributed by atoms with Crippen molar-refractivity contribution in [2.75, 3.05) is 38.3 Å². The molecule has 3 N–H and O–H groups in total. The van der Waals surface area contributed by atoms with Crippen LogP contribution in [0.3, 0.4) is 0 Å². The largest absolute Gasteiger partial charge is 0.379 e. The first-order valence-electron chi connectivity index (χ1n) is 10.6. The molecule has 3 heterocycles. The van der Waals surface area contributed by atoms with Gasteiger partial charge in [0.25, 0.3) is 5.56 Å². The van der Waals surface area contributed by atoms with Crippen molar-refractivity contribution in [1.29, 1.82) is 0 Å². The molecule has 1 fully saturated rings. The van der Waals surface area contributed by atoms with Crippen molar-refractivity contribution >= 4 is 34.2 Å². The highest BCUT2D eigenvalue weighted by Gasteiger charge is 2.17. The van der Waals surface area contributed by atoms with Crippen molar-refractivity contribution in [3.05, 3.63) is 56.7 Å². The lowest BCUT2D eigenvalue weighted by Crippen LogP contribution is -2.41. The number of morpholine rings is 1. The topological polar surface area (TPSA) is 104 Å². The summed E-state index contributed by atoms with van der Waals surface area (Å²) in [7, 11) is 0. The van der Waals surface area contributed by atoms with Gasteiger partial charge < -0.3 is 20.4 Å². The van der Waals surface area contributed by atoms with E-state index in [1.807, 2.05) is 25.3 Å². The SMILES string of the molecule is Cc1c[nH]c2ccc(CNC(=O)Cn3c(C)c(Cl)nc(NCN4CCOCC4)c3=O)cc12. The maximum atomic E-state index is 12.9. The average Bonchev–Trinajstić information content (AvgIpc) is 3.17. The molecule has 0 spiro atoms. The Morgan fingerprint density at radius 1 is 1.28 bits per heavy atom. The maximum Gasteiger partial charge on any atom is 0.294 e. The maximum absolute atomic E-state index is 12.9. The number of anilines is 1. The molecule has 1 amide bonds. The van der Waals surface area contributed by atoms with Crippen molar-refractivity contribution < 1.29 is 9.53 Å². The normalized spacial score (nSPS) is 14.6. The number of aryl methyl sites for hydroxylation is 1. The minimum atomic E-state index is -0.375. The number of H-pyrrole nitrogens is 1. The van der Waals surface area contributed by atoms with E-state index in [1.165, 1.54) is 4.57 Å². The zero-order valence-corrected chi connectivity index (χ0v) is 19.0. The summed E-state index contributed by atoms with van der Waals surface area (Å²) in [6, 6.07) is 6.01. The van der Waals surface area contributed by atoms with Crippen LogP contribution in [0.2, 0.25) is 5.15 Å². The molecule has 0 bridgehead atoms. The van der Waals surface area contributed by atoms with Gasteiger partial charge in [-0.15, -0.1) is 0 Å². The molecule has 0 radical (unpaired) electrons. The van der Waals surface area contributed by atoms with Crippen LogP contribution in [0.1, 0.15) is 16.8 Å². The van der Waals surface area contributed by atoms with Crippen LogP contribution in [0.4, 0.5) is 5.82 Å². The Kier molecular flexibility index (Phi) is 6.78. The van der Waals surface area contributed by atoms with Gasteiger partial charge in [0, 0.05) is 36.7 Å². The number of aromatic amines is 1. The molecule has 32 heavy (non-hydrogen) atoms. The lowest BCUT2D eigenvalue weighted by Gasteiger charge is -2.26. The quantitative estimate of drug-likeness (QED) is 0.500. The Morgan fingerprint density at radius 2 is 2.06 bits per heavy atom. The van der Waals surface area contributed by atoms with E-state index in [9.17, 15) is 9.59 Å². The summed E-state index contributed by atoms with van der Waals surface area (Å²) >= 11 is 6.25. The second-order valence-electron chi connectivity index (χ2n) is 7.92. The molecule has 3 aromatic rings. The number of carbonyl (C=O) groups is 1. The summed E-state index contributed by atoms with van der Waals surface area (Å²) in [4.78, 5) is 35.1. The molecule has 9 nitrogen and oxygen atoms in total. The number of benzene rings is 1. The zero-order valence-electron chi connectivity index (χ0n) is 18.2. The van der Waals surface area contributed by atoms with Crippen LogP contribution < -0.4 is 16.2 Å². The summed E-state index contributed by atoms with van der Waals surface area (Å²) in [5, 5.41) is 7.25. The number of fused-ring (bicyclic) bond motifs is 1. The first-order chi connectivity index (χ1) is 15.4. The van der Waals surface area contributed by atoms with Gasteiger partial charge in [0.1, 0.15) is 6.54 Å². The van der Waals surface area contributed by atoms with Crippen LogP contribution in [-0.4, -0.2) is 58.3 Å². The Balaban J connectivity index is 1.42. The van der Waals surface area contributed by atoms with Crippen LogP contribution in [0.15, 0.2) is 29.2 Å². The number of rotatable bonds is 7. The predicted molar refractivity (Wildman–Crippen MR) is 124 cm³/mol. The fraction of sp³-hybridized carbons (Fsp3) is 0.409. The van der Waals surface area contributed by atoms with E-state index in [4.69, 9.17) is 16.3 Å². The minimum Gasteiger partial charge on any atom is -0.379 e. The number of nitrogens with zero attached hydrogens (tertiary/aromatic N) is 3. The highest BCUT2D eigenvalue weighted by atomic mass is 35.5. The predicted octanol–water partition coefficient (Wildman–Crippen LogP) is 2.01. The number of hydrogen-bond acceptors (Lipinski definition) is 6. The Morgan fingerprint density at radius 3 is 2.84 bits per heavy atom. The van der Waals surface area contributed by atoms with Crippen molar-refractivity contribution in [2.24, 2.45) is 0 Å². The Bertz CT molecular complexity index is 1180. The van der Waals surface area contributed by atoms with Gasteiger partial charge in [-0.1, -0.05) is 17.7 Å². The zero-order chi connectivity index (χ0) is 22.7. The van der Waals surface area contributed by atoms with Crippen molar-refractivity contribution in [3.63, 3.8) is 0 Å². The van der Waals surface area contributed by atoms with Gasteiger partial charge in [-0.2, -0.15) is 0 Å². The first-order valence-corrected chi connectivity index (χ1v) is 10.9. The smallest absolute Gasteiger partial charge is 0.294 e. The molecule has 1 aliphatic rings. The highest BCUT2D eigenvalue weighted by Crippen LogP contribution is 2.19. The number of halogens is 1. The lowest BCUT2D eigenvalue weighted by atomic mass is 10.1. The molecule has 4 rings (SSSR count). The Hall–Kier alpha value is -2.88. The summed E-state index contributed by atoms with van der Waals surface area (Å²) in [6.07, 6.45) is 1.96. The third-order valence-electron chi connectivity index (χ3n) is 5.68. The first kappa shape index (κ1) is 22.3. The lowest BCUT2D eigenvalue weighted by molar-refractivity contribution is -0.121. The third kappa shape index (κ3) is 4.95. The average molecular weight is 459 g/mol. The summed E-state index contributed by atoms with van der Waals surface area (Å²) in [5.41, 5.74) is 3.27. The number of nitrogens with one attached hydrogen (secondary N) is 3. The molecule has 0 saturated carbocycles. The van der Waals surface area contributed by atoms with Gasteiger partial charge in [-0.3, -0.25) is 19.1 Å². The van der Waals surface area contributed by atoms with E-state index in [-0.39, 0.29) is 29.0 Å². The number of amides is 1. The van der Waals surface area contributed by atoms with Crippen molar-refractivity contribution in [1.82, 2.24) is 24.8 Å². The molecule has 1 aliphatic heterocycles. The molecular formula is C22H27ClN6O3. The van der Waals surface area contributed by atoms with Gasteiger partial charge in [0.2, 0.25) is 5.91 Å². The van der Waals surface area contributed by atoms with E-state index in [2.05, 4.69) is 31.6 Å².